The molecular formula is C9H10N4O4. The van der Waals surface area contributed by atoms with Crippen molar-refractivity contribution in [2.45, 2.75) is 12.4 Å². The first-order valence-electron chi connectivity index (χ1n) is 5.08. The van der Waals surface area contributed by atoms with Crippen LogP contribution in [0.1, 0.15) is 11.7 Å². The van der Waals surface area contributed by atoms with Gasteiger partial charge < -0.3 is 14.6 Å². The number of hydrogen-bond donors (Lipinski definition) is 2. The highest BCUT2D eigenvalue weighted by molar-refractivity contribution is 5.46. The van der Waals surface area contributed by atoms with Gasteiger partial charge in [0.05, 0.1) is 13.2 Å². The van der Waals surface area contributed by atoms with E-state index in [0.717, 1.165) is 0 Å². The van der Waals surface area contributed by atoms with Crippen LogP contribution in [0.3, 0.4) is 0 Å². The Labute approximate surface area is 94.8 Å². The van der Waals surface area contributed by atoms with Crippen molar-refractivity contribution in [3.63, 3.8) is 0 Å². The highest BCUT2D eigenvalue weighted by atomic mass is 16.7. The number of rotatable bonds is 2. The Morgan fingerprint density at radius 1 is 1.59 bits per heavy atom. The Morgan fingerprint density at radius 3 is 3.24 bits per heavy atom. The lowest BCUT2D eigenvalue weighted by Gasteiger charge is -2.07. The third-order valence-corrected chi connectivity index (χ3v) is 2.60. The molecule has 2 atom stereocenters. The molecule has 0 bridgehead atoms. The van der Waals surface area contributed by atoms with Gasteiger partial charge in [0.2, 0.25) is 0 Å². The van der Waals surface area contributed by atoms with Crippen LogP contribution in [0.15, 0.2) is 17.3 Å². The summed E-state index contributed by atoms with van der Waals surface area (Å²) in [4.78, 5) is 18.9. The van der Waals surface area contributed by atoms with E-state index < -0.39 is 12.0 Å². The van der Waals surface area contributed by atoms with Gasteiger partial charge in [0.25, 0.3) is 0 Å². The normalized spacial score (nSPS) is 24.5. The number of aliphatic hydroxyl groups excluding tert-OH is 1. The lowest BCUT2D eigenvalue weighted by molar-refractivity contribution is -0.0880. The van der Waals surface area contributed by atoms with Gasteiger partial charge in [0, 0.05) is 11.8 Å². The van der Waals surface area contributed by atoms with Gasteiger partial charge >= 0.3 is 5.69 Å². The van der Waals surface area contributed by atoms with Gasteiger partial charge in [-0.3, -0.25) is 5.10 Å². The number of aromatic nitrogens is 4. The molecule has 1 aliphatic rings. The lowest BCUT2D eigenvalue weighted by Crippen LogP contribution is -2.17. The zero-order chi connectivity index (χ0) is 11.8. The first-order valence-corrected chi connectivity index (χ1v) is 5.08. The summed E-state index contributed by atoms with van der Waals surface area (Å²) in [5.74, 6) is 0. The predicted molar refractivity (Wildman–Crippen MR) is 54.3 cm³/mol. The van der Waals surface area contributed by atoms with E-state index in [9.17, 15) is 4.79 Å². The van der Waals surface area contributed by atoms with Crippen molar-refractivity contribution >= 4 is 5.65 Å². The minimum absolute atomic E-state index is 0.201. The number of hydrogen-bond acceptors (Lipinski definition) is 6. The Morgan fingerprint density at radius 2 is 2.47 bits per heavy atom. The molecule has 2 aromatic rings. The second-order valence-electron chi connectivity index (χ2n) is 3.61. The fraction of sp³-hybridized carbons (Fsp3) is 0.444. The molecule has 0 spiro atoms. The number of ether oxygens (including phenoxy) is 2. The molecule has 2 N–H and O–H groups in total. The van der Waals surface area contributed by atoms with E-state index in [4.69, 9.17) is 14.6 Å². The summed E-state index contributed by atoms with van der Waals surface area (Å²) >= 11 is 0. The fourth-order valence-corrected chi connectivity index (χ4v) is 1.81. The number of aromatic amines is 1. The fourth-order valence-electron chi connectivity index (χ4n) is 1.81. The number of fused-ring (bicyclic) bond motifs is 1. The van der Waals surface area contributed by atoms with E-state index in [2.05, 4.69) is 15.1 Å². The topological polar surface area (TPSA) is 102 Å². The quantitative estimate of drug-likeness (QED) is 0.683. The summed E-state index contributed by atoms with van der Waals surface area (Å²) in [5, 5.41) is 11.6. The van der Waals surface area contributed by atoms with Crippen LogP contribution in [-0.4, -0.2) is 44.2 Å². The van der Waals surface area contributed by atoms with Gasteiger partial charge in [-0.25, -0.2) is 9.78 Å². The maximum absolute atomic E-state index is 11.4. The van der Waals surface area contributed by atoms with Gasteiger partial charge in [0.15, 0.2) is 11.9 Å². The van der Waals surface area contributed by atoms with E-state index in [1.165, 1.54) is 10.8 Å². The monoisotopic (exact) mass is 238 g/mol. The van der Waals surface area contributed by atoms with Crippen LogP contribution in [0.25, 0.3) is 5.65 Å². The van der Waals surface area contributed by atoms with Gasteiger partial charge in [-0.15, -0.1) is 0 Å². The van der Waals surface area contributed by atoms with Crippen LogP contribution in [0, 0.1) is 0 Å². The van der Waals surface area contributed by atoms with Crippen LogP contribution in [-0.2, 0) is 9.47 Å². The van der Waals surface area contributed by atoms with Crippen molar-refractivity contribution in [1.82, 2.24) is 19.6 Å². The van der Waals surface area contributed by atoms with Crippen molar-refractivity contribution in [1.29, 1.82) is 0 Å². The molecule has 17 heavy (non-hydrogen) atoms. The minimum Gasteiger partial charge on any atom is -0.391 e. The highest BCUT2D eigenvalue weighted by Crippen LogP contribution is 2.27. The molecule has 0 aromatic carbocycles. The van der Waals surface area contributed by atoms with E-state index >= 15 is 0 Å². The maximum atomic E-state index is 11.4. The van der Waals surface area contributed by atoms with Crippen molar-refractivity contribution < 1.29 is 14.6 Å². The molecule has 0 amide bonds. The molecule has 1 aliphatic heterocycles. The third-order valence-electron chi connectivity index (χ3n) is 2.60. The zero-order valence-corrected chi connectivity index (χ0v) is 8.74. The largest absolute Gasteiger partial charge is 0.391 e. The second-order valence-corrected chi connectivity index (χ2v) is 3.61. The van der Waals surface area contributed by atoms with Crippen molar-refractivity contribution in [2.75, 3.05) is 13.2 Å². The molecule has 0 saturated carbocycles. The standard InChI is InChI=1S/C9H10N4O4/c14-2-7-16-3-6(17-7)5-1-12-13-8(5)10-4-11-9(13)15/h1,4,6-7,12,14H,2-3H2/t6-,7-/m0/s1. The first-order chi connectivity index (χ1) is 8.29. The van der Waals surface area contributed by atoms with Gasteiger partial charge in [-0.2, -0.15) is 9.50 Å². The molecule has 1 fully saturated rings. The smallest absolute Gasteiger partial charge is 0.369 e. The first kappa shape index (κ1) is 10.4. The SMILES string of the molecule is O=c1ncnc2c([C@@H]3CO[C@H](CO)O3)c[nH]n12. The average Bonchev–Trinajstić information content (AvgIpc) is 2.94. The van der Waals surface area contributed by atoms with E-state index in [0.29, 0.717) is 17.8 Å². The van der Waals surface area contributed by atoms with Crippen molar-refractivity contribution in [2.24, 2.45) is 0 Å². The summed E-state index contributed by atoms with van der Waals surface area (Å²) in [6.07, 6.45) is 1.86. The maximum Gasteiger partial charge on any atom is 0.369 e. The van der Waals surface area contributed by atoms with Crippen LogP contribution in [0.5, 0.6) is 0 Å². The summed E-state index contributed by atoms with van der Waals surface area (Å²) in [7, 11) is 0. The molecule has 0 aliphatic carbocycles. The van der Waals surface area contributed by atoms with Gasteiger partial charge in [0.1, 0.15) is 12.4 Å². The van der Waals surface area contributed by atoms with Crippen LogP contribution >= 0.6 is 0 Å². The average molecular weight is 238 g/mol. The summed E-state index contributed by atoms with van der Waals surface area (Å²) in [5.41, 5.74) is 0.733. The Hall–Kier alpha value is -1.77. The van der Waals surface area contributed by atoms with Crippen LogP contribution in [0.2, 0.25) is 0 Å². The number of nitrogens with zero attached hydrogens (tertiary/aromatic N) is 3. The number of H-pyrrole nitrogens is 1. The number of nitrogens with one attached hydrogen (secondary N) is 1. The lowest BCUT2D eigenvalue weighted by atomic mass is 10.2. The van der Waals surface area contributed by atoms with Gasteiger partial charge in [-0.05, 0) is 0 Å². The summed E-state index contributed by atoms with van der Waals surface area (Å²) < 4.78 is 11.9. The van der Waals surface area contributed by atoms with Crippen LogP contribution in [0.4, 0.5) is 0 Å². The Bertz CT molecular complexity index is 592. The molecule has 0 unspecified atom stereocenters. The molecule has 90 valence electrons. The molecule has 3 heterocycles. The zero-order valence-electron chi connectivity index (χ0n) is 8.74. The Kier molecular flexibility index (Phi) is 2.39. The molecule has 8 nitrogen and oxygen atoms in total. The third kappa shape index (κ3) is 1.62. The van der Waals surface area contributed by atoms with Crippen molar-refractivity contribution in [3.05, 3.63) is 28.6 Å². The predicted octanol–water partition coefficient (Wildman–Crippen LogP) is -1.18. The van der Waals surface area contributed by atoms with Crippen LogP contribution < -0.4 is 5.69 Å². The molecule has 8 heteroatoms. The molecule has 0 radical (unpaired) electrons. The molecule has 3 rings (SSSR count). The second kappa shape index (κ2) is 3.91. The molecule has 2 aromatic heterocycles. The molecular weight excluding hydrogens is 228 g/mol. The van der Waals surface area contributed by atoms with E-state index in [1.54, 1.807) is 6.20 Å². The van der Waals surface area contributed by atoms with Crippen molar-refractivity contribution in [3.8, 4) is 0 Å². The number of aliphatic hydroxyl groups is 1. The minimum atomic E-state index is -0.622. The Balaban J connectivity index is 2.02. The summed E-state index contributed by atoms with van der Waals surface area (Å²) in [6.45, 7) is 0.116. The van der Waals surface area contributed by atoms with E-state index in [1.807, 2.05) is 0 Å². The summed E-state index contributed by atoms with van der Waals surface area (Å²) in [6, 6.07) is 0. The highest BCUT2D eigenvalue weighted by Gasteiger charge is 2.29. The van der Waals surface area contributed by atoms with E-state index in [-0.39, 0.29) is 12.7 Å². The molecule has 1 saturated heterocycles. The van der Waals surface area contributed by atoms with Gasteiger partial charge in [-0.1, -0.05) is 0 Å².